The molecule has 0 aromatic carbocycles. The lowest BCUT2D eigenvalue weighted by Gasteiger charge is -2.24. The molecule has 4 aliphatic carbocycles. The van der Waals surface area contributed by atoms with Crippen molar-refractivity contribution in [3.8, 4) is 0 Å². The minimum absolute atomic E-state index is 0.0310. The second kappa shape index (κ2) is 8.08. The Morgan fingerprint density at radius 3 is 2.48 bits per heavy atom. The summed E-state index contributed by atoms with van der Waals surface area (Å²) in [4.78, 5) is 39.6. The molecule has 2 saturated carbocycles. The number of carbonyl (C=O) groups excluding carboxylic acids is 2. The van der Waals surface area contributed by atoms with Gasteiger partial charge in [-0.25, -0.2) is 0 Å². The maximum absolute atomic E-state index is 13.3. The summed E-state index contributed by atoms with van der Waals surface area (Å²) in [5.41, 5.74) is 1.70. The molecule has 7 heteroatoms. The first-order chi connectivity index (χ1) is 14.9. The molecule has 2 bridgehead atoms. The molecule has 1 aromatic rings. The van der Waals surface area contributed by atoms with Crippen LogP contribution in [-0.2, 0) is 22.4 Å². The van der Waals surface area contributed by atoms with E-state index in [1.807, 2.05) is 12.2 Å². The van der Waals surface area contributed by atoms with Crippen molar-refractivity contribution in [2.45, 2.75) is 64.3 Å². The van der Waals surface area contributed by atoms with E-state index in [0.717, 1.165) is 56.9 Å². The number of carboxylic acids is 1. The van der Waals surface area contributed by atoms with Crippen LogP contribution in [0.1, 0.15) is 66.2 Å². The first-order valence-corrected chi connectivity index (χ1v) is 12.4. The second-order valence-electron chi connectivity index (χ2n) is 9.84. The number of nitrogens with one attached hydrogen (secondary N) is 2. The zero-order valence-corrected chi connectivity index (χ0v) is 18.7. The Kier molecular flexibility index (Phi) is 5.40. The number of allylic oxidation sites excluding steroid dienone is 2. The maximum atomic E-state index is 13.3. The molecule has 3 N–H and O–H groups in total. The van der Waals surface area contributed by atoms with Crippen LogP contribution in [-0.4, -0.2) is 28.9 Å². The zero-order chi connectivity index (χ0) is 21.7. The average molecular weight is 443 g/mol. The number of aliphatic carboxylic acids is 1. The Balaban J connectivity index is 1.43. The molecule has 0 saturated heterocycles. The molecular weight excluding hydrogens is 412 g/mol. The molecule has 0 spiro atoms. The molecular formula is C24H30N2O4S. The van der Waals surface area contributed by atoms with E-state index in [-0.39, 0.29) is 29.7 Å². The summed E-state index contributed by atoms with van der Waals surface area (Å²) >= 11 is 1.51. The predicted molar refractivity (Wildman–Crippen MR) is 119 cm³/mol. The molecule has 166 valence electrons. The highest BCUT2D eigenvalue weighted by Crippen LogP contribution is 2.49. The van der Waals surface area contributed by atoms with Crippen LogP contribution in [0.3, 0.4) is 0 Å². The molecule has 1 heterocycles. The third-order valence-electron chi connectivity index (χ3n) is 7.71. The second-order valence-corrected chi connectivity index (χ2v) is 10.9. The molecule has 4 aliphatic rings. The van der Waals surface area contributed by atoms with Gasteiger partial charge in [0, 0.05) is 10.9 Å². The molecule has 0 aliphatic heterocycles. The molecule has 2 amide bonds. The van der Waals surface area contributed by atoms with Gasteiger partial charge in [-0.05, 0) is 61.8 Å². The monoisotopic (exact) mass is 442 g/mol. The minimum Gasteiger partial charge on any atom is -0.481 e. The van der Waals surface area contributed by atoms with Crippen LogP contribution >= 0.6 is 11.3 Å². The summed E-state index contributed by atoms with van der Waals surface area (Å²) < 4.78 is 0. The fourth-order valence-electron chi connectivity index (χ4n) is 6.12. The van der Waals surface area contributed by atoms with Crippen molar-refractivity contribution >= 4 is 34.1 Å². The van der Waals surface area contributed by atoms with E-state index in [1.165, 1.54) is 16.2 Å². The van der Waals surface area contributed by atoms with E-state index < -0.39 is 17.8 Å². The largest absolute Gasteiger partial charge is 0.481 e. The van der Waals surface area contributed by atoms with E-state index >= 15 is 0 Å². The van der Waals surface area contributed by atoms with Crippen molar-refractivity contribution in [1.29, 1.82) is 0 Å². The summed E-state index contributed by atoms with van der Waals surface area (Å²) in [6, 6.07) is 0.209. The van der Waals surface area contributed by atoms with Gasteiger partial charge in [0.05, 0.1) is 17.4 Å². The highest BCUT2D eigenvalue weighted by atomic mass is 32.1. The highest BCUT2D eigenvalue weighted by molar-refractivity contribution is 7.17. The highest BCUT2D eigenvalue weighted by Gasteiger charge is 2.51. The minimum atomic E-state index is -0.907. The lowest BCUT2D eigenvalue weighted by molar-refractivity contribution is -0.146. The van der Waals surface area contributed by atoms with Gasteiger partial charge in [-0.2, -0.15) is 0 Å². The van der Waals surface area contributed by atoms with Gasteiger partial charge in [0.1, 0.15) is 5.00 Å². The number of fused-ring (bicyclic) bond motifs is 3. The number of carbonyl (C=O) groups is 3. The van der Waals surface area contributed by atoms with E-state index in [4.69, 9.17) is 0 Å². The lowest BCUT2D eigenvalue weighted by atomic mass is 9.82. The molecule has 1 aromatic heterocycles. The topological polar surface area (TPSA) is 95.5 Å². The van der Waals surface area contributed by atoms with Gasteiger partial charge in [0.25, 0.3) is 5.91 Å². The van der Waals surface area contributed by atoms with Gasteiger partial charge < -0.3 is 15.7 Å². The third-order valence-corrected chi connectivity index (χ3v) is 8.88. The van der Waals surface area contributed by atoms with E-state index in [1.54, 1.807) is 0 Å². The van der Waals surface area contributed by atoms with E-state index in [0.29, 0.717) is 16.5 Å². The van der Waals surface area contributed by atoms with Gasteiger partial charge in [0.2, 0.25) is 5.91 Å². The predicted octanol–water partition coefficient (Wildman–Crippen LogP) is 4.01. The summed E-state index contributed by atoms with van der Waals surface area (Å²) in [5, 5.41) is 16.5. The number of thiophene rings is 1. The summed E-state index contributed by atoms with van der Waals surface area (Å²) in [6.07, 6.45) is 11.8. The van der Waals surface area contributed by atoms with Crippen molar-refractivity contribution in [3.63, 3.8) is 0 Å². The van der Waals surface area contributed by atoms with Gasteiger partial charge in [-0.15, -0.1) is 11.3 Å². The Bertz CT molecular complexity index is 946. The van der Waals surface area contributed by atoms with Crippen LogP contribution in [0, 0.1) is 29.6 Å². The van der Waals surface area contributed by atoms with Crippen LogP contribution in [0.2, 0.25) is 0 Å². The number of anilines is 1. The molecule has 6 nitrogen and oxygen atoms in total. The fourth-order valence-corrected chi connectivity index (χ4v) is 7.53. The molecule has 31 heavy (non-hydrogen) atoms. The van der Waals surface area contributed by atoms with Crippen molar-refractivity contribution in [1.82, 2.24) is 5.32 Å². The summed E-state index contributed by atoms with van der Waals surface area (Å²) in [6.45, 7) is 2.22. The Morgan fingerprint density at radius 2 is 1.77 bits per heavy atom. The Morgan fingerprint density at radius 1 is 1.06 bits per heavy atom. The first-order valence-electron chi connectivity index (χ1n) is 11.6. The van der Waals surface area contributed by atoms with Crippen LogP contribution in [0.5, 0.6) is 0 Å². The molecule has 5 rings (SSSR count). The smallest absolute Gasteiger partial charge is 0.307 e. The number of carboxylic acid groups (broad SMARTS) is 1. The number of rotatable bonds is 5. The van der Waals surface area contributed by atoms with Crippen LogP contribution in [0.4, 0.5) is 5.00 Å². The Hall–Kier alpha value is -2.15. The van der Waals surface area contributed by atoms with Gasteiger partial charge in [-0.1, -0.05) is 31.9 Å². The van der Waals surface area contributed by atoms with E-state index in [2.05, 4.69) is 17.6 Å². The van der Waals surface area contributed by atoms with Gasteiger partial charge in [-0.3, -0.25) is 14.4 Å². The van der Waals surface area contributed by atoms with E-state index in [9.17, 15) is 19.5 Å². The number of hydrogen-bond donors (Lipinski definition) is 3. The van der Waals surface area contributed by atoms with Crippen LogP contribution in [0.25, 0.3) is 0 Å². The summed E-state index contributed by atoms with van der Waals surface area (Å²) in [5.74, 6) is -2.04. The SMILES string of the molecule is C[C@H]1CCc2c(sc(NC(=O)[C@H]3[C@@H](C(=O)O)[C@H]4C=C[C@H]3C4)c2C(=O)NC2CCCC2)C1. The van der Waals surface area contributed by atoms with Crippen LogP contribution in [0.15, 0.2) is 12.2 Å². The first kappa shape index (κ1) is 20.7. The molecule has 5 atom stereocenters. The third kappa shape index (κ3) is 3.71. The van der Waals surface area contributed by atoms with Crippen molar-refractivity contribution in [3.05, 3.63) is 28.2 Å². The quantitative estimate of drug-likeness (QED) is 0.601. The standard InChI is InChI=1S/C24H30N2O4S/c1-12-6-9-16-17(10-12)31-23(20(16)22(28)25-15-4-2-3-5-15)26-21(27)18-13-7-8-14(11-13)19(18)24(29)30/h7-8,12-15,18-19H,2-6,9-11H2,1H3,(H,25,28)(H,26,27)(H,29,30)/t12-,13-,14-,18+,19-/m0/s1. The maximum Gasteiger partial charge on any atom is 0.307 e. The average Bonchev–Trinajstić information content (AvgIpc) is 3.50. The zero-order valence-electron chi connectivity index (χ0n) is 17.9. The van der Waals surface area contributed by atoms with Gasteiger partial charge >= 0.3 is 5.97 Å². The van der Waals surface area contributed by atoms with Crippen molar-refractivity contribution < 1.29 is 19.5 Å². The number of amides is 2. The van der Waals surface area contributed by atoms with Crippen molar-refractivity contribution in [2.24, 2.45) is 29.6 Å². The molecule has 0 radical (unpaired) electrons. The fraction of sp³-hybridized carbons (Fsp3) is 0.625. The Labute approximate surface area is 186 Å². The van der Waals surface area contributed by atoms with Gasteiger partial charge in [0.15, 0.2) is 0 Å². The van der Waals surface area contributed by atoms with Crippen molar-refractivity contribution in [2.75, 3.05) is 5.32 Å². The normalized spacial score (nSPS) is 31.6. The summed E-state index contributed by atoms with van der Waals surface area (Å²) in [7, 11) is 0. The molecule has 0 unspecified atom stereocenters. The number of hydrogen-bond acceptors (Lipinski definition) is 4. The van der Waals surface area contributed by atoms with Crippen LogP contribution < -0.4 is 10.6 Å². The lowest BCUT2D eigenvalue weighted by Crippen LogP contribution is -2.37. The molecule has 2 fully saturated rings.